The van der Waals surface area contributed by atoms with E-state index in [1.54, 1.807) is 49.6 Å². The Bertz CT molecular complexity index is 2620. The van der Waals surface area contributed by atoms with Gasteiger partial charge >= 0.3 is 0 Å². The number of fused-ring (bicyclic) bond motifs is 2. The Morgan fingerprint density at radius 3 is 1.82 bits per heavy atom. The summed E-state index contributed by atoms with van der Waals surface area (Å²) in [7, 11) is 1.64. The van der Waals surface area contributed by atoms with Gasteiger partial charge in [-0.2, -0.15) is 10.2 Å². The van der Waals surface area contributed by atoms with Gasteiger partial charge in [-0.25, -0.2) is 19.0 Å². The number of H-pyrrole nitrogens is 2. The third-order valence-corrected chi connectivity index (χ3v) is 11.0. The standard InChI is InChI=1S/C43H40F2N6O6/c1-56-28-10-9-26(19-28)46-40(52)34-15-24(8-13-36(34)44)18-39-33-16-25(6-11-32(33)43(55)51-49-39)22-57-29-20-27(21-29)47-41(53)35-14-23(7-12-37(35)45)17-38-30-4-2-3-5-31(30)42(54)50-48-38/h2-8,11-16,26-29H,9-10,17-22H2,1H3,(H,46,52)(H,47,53)(H,50,54)(H,51,55). The molecule has 2 aliphatic rings. The second-order valence-corrected chi connectivity index (χ2v) is 14.8. The molecule has 292 valence electrons. The highest BCUT2D eigenvalue weighted by Gasteiger charge is 2.32. The molecule has 2 unspecified atom stereocenters. The maximum atomic E-state index is 14.9. The molecule has 12 nitrogen and oxygen atoms in total. The van der Waals surface area contributed by atoms with Crippen LogP contribution in [0.4, 0.5) is 8.78 Å². The summed E-state index contributed by atoms with van der Waals surface area (Å²) in [4.78, 5) is 51.1. The van der Waals surface area contributed by atoms with Crippen molar-refractivity contribution in [3.8, 4) is 0 Å². The van der Waals surface area contributed by atoms with Crippen molar-refractivity contribution in [2.75, 3.05) is 7.11 Å². The minimum absolute atomic E-state index is 0.0566. The third kappa shape index (κ3) is 8.23. The molecule has 2 aliphatic carbocycles. The van der Waals surface area contributed by atoms with Gasteiger partial charge in [0.25, 0.3) is 22.9 Å². The van der Waals surface area contributed by atoms with Crippen LogP contribution in [0.15, 0.2) is 88.5 Å². The summed E-state index contributed by atoms with van der Waals surface area (Å²) in [5, 5.41) is 21.6. The lowest BCUT2D eigenvalue weighted by atomic mass is 9.89. The molecular weight excluding hydrogens is 735 g/mol. The van der Waals surface area contributed by atoms with E-state index in [2.05, 4.69) is 31.0 Å². The number of methoxy groups -OCH3 is 1. The topological polar surface area (TPSA) is 168 Å². The molecular formula is C43H40F2N6O6. The highest BCUT2D eigenvalue weighted by atomic mass is 19.1. The van der Waals surface area contributed by atoms with E-state index in [1.165, 1.54) is 24.3 Å². The summed E-state index contributed by atoms with van der Waals surface area (Å²) < 4.78 is 41.2. The maximum Gasteiger partial charge on any atom is 0.272 e. The SMILES string of the molecule is COC1CCC(NC(=O)c2cc(Cc3n[nH]c(=O)c4ccc(COC5CC(NC(=O)c6cc(Cc7n[nH]c(=O)c8ccccc78)ccc6F)C5)cc34)ccc2F)C1. The Kier molecular flexibility index (Phi) is 10.7. The van der Waals surface area contributed by atoms with Crippen molar-refractivity contribution in [1.82, 2.24) is 31.0 Å². The van der Waals surface area contributed by atoms with Gasteiger partial charge in [-0.05, 0) is 91.3 Å². The normalized spacial score (nSPS) is 19.1. The summed E-state index contributed by atoms with van der Waals surface area (Å²) in [6.07, 6.45) is 3.80. The molecule has 0 bridgehead atoms. The second-order valence-electron chi connectivity index (χ2n) is 14.8. The van der Waals surface area contributed by atoms with Crippen molar-refractivity contribution in [1.29, 1.82) is 0 Å². The summed E-state index contributed by atoms with van der Waals surface area (Å²) in [5.74, 6) is -2.28. The van der Waals surface area contributed by atoms with Gasteiger partial charge in [-0.15, -0.1) is 0 Å². The zero-order valence-corrected chi connectivity index (χ0v) is 31.1. The first-order valence-corrected chi connectivity index (χ1v) is 18.9. The quantitative estimate of drug-likeness (QED) is 0.128. The van der Waals surface area contributed by atoms with Crippen molar-refractivity contribution in [2.24, 2.45) is 0 Å². The van der Waals surface area contributed by atoms with Crippen molar-refractivity contribution < 1.29 is 27.8 Å². The predicted octanol–water partition coefficient (Wildman–Crippen LogP) is 5.39. The Morgan fingerprint density at radius 2 is 1.21 bits per heavy atom. The predicted molar refractivity (Wildman–Crippen MR) is 208 cm³/mol. The fourth-order valence-corrected chi connectivity index (χ4v) is 7.74. The Labute approximate surface area is 325 Å². The molecule has 14 heteroatoms. The minimum Gasteiger partial charge on any atom is -0.381 e. The van der Waals surface area contributed by atoms with E-state index in [0.717, 1.165) is 18.4 Å². The van der Waals surface area contributed by atoms with E-state index in [4.69, 9.17) is 9.47 Å². The number of benzene rings is 4. The number of ether oxygens (including phenoxy) is 2. The van der Waals surface area contributed by atoms with Gasteiger partial charge in [-0.3, -0.25) is 19.2 Å². The highest BCUT2D eigenvalue weighted by molar-refractivity contribution is 5.95. The highest BCUT2D eigenvalue weighted by Crippen LogP contribution is 2.28. The number of nitrogens with zero attached hydrogens (tertiary/aromatic N) is 2. The number of carbonyl (C=O) groups is 2. The van der Waals surface area contributed by atoms with Crippen LogP contribution in [-0.2, 0) is 28.9 Å². The van der Waals surface area contributed by atoms with Crippen molar-refractivity contribution in [3.05, 3.63) is 150 Å². The number of hydrogen-bond donors (Lipinski definition) is 4. The molecule has 2 fully saturated rings. The van der Waals surface area contributed by atoms with Crippen LogP contribution < -0.4 is 21.8 Å². The van der Waals surface area contributed by atoms with Gasteiger partial charge in [0.1, 0.15) is 11.6 Å². The van der Waals surface area contributed by atoms with Gasteiger partial charge in [-0.1, -0.05) is 36.4 Å². The average molecular weight is 775 g/mol. The molecule has 2 heterocycles. The van der Waals surface area contributed by atoms with Gasteiger partial charge < -0.3 is 20.1 Å². The zero-order valence-electron chi connectivity index (χ0n) is 31.1. The average Bonchev–Trinajstić information content (AvgIpc) is 3.66. The van der Waals surface area contributed by atoms with Crippen LogP contribution in [0.5, 0.6) is 0 Å². The molecule has 6 aromatic rings. The number of rotatable bonds is 12. The molecule has 0 radical (unpaired) electrons. The summed E-state index contributed by atoms with van der Waals surface area (Å²) in [6, 6.07) is 20.9. The molecule has 0 saturated heterocycles. The van der Waals surface area contributed by atoms with E-state index in [0.29, 0.717) is 69.7 Å². The Hall–Kier alpha value is -6.12. The minimum atomic E-state index is -0.641. The molecule has 2 saturated carbocycles. The van der Waals surface area contributed by atoms with Gasteiger partial charge in [0.15, 0.2) is 0 Å². The maximum absolute atomic E-state index is 14.9. The van der Waals surface area contributed by atoms with E-state index >= 15 is 0 Å². The number of carbonyl (C=O) groups excluding carboxylic acids is 2. The Balaban J connectivity index is 0.879. The molecule has 0 aliphatic heterocycles. The number of halogens is 2. The van der Waals surface area contributed by atoms with Crippen molar-refractivity contribution in [2.45, 2.75) is 75.8 Å². The monoisotopic (exact) mass is 774 g/mol. The van der Waals surface area contributed by atoms with E-state index < -0.39 is 23.4 Å². The molecule has 0 spiro atoms. The summed E-state index contributed by atoms with van der Waals surface area (Å²) >= 11 is 0. The number of aromatic nitrogens is 4. The molecule has 2 amide bonds. The lowest BCUT2D eigenvalue weighted by molar-refractivity contribution is -0.0251. The van der Waals surface area contributed by atoms with Crippen LogP contribution in [0, 0.1) is 11.6 Å². The van der Waals surface area contributed by atoms with Gasteiger partial charge in [0.05, 0.1) is 52.1 Å². The molecule has 4 aromatic carbocycles. The largest absolute Gasteiger partial charge is 0.381 e. The van der Waals surface area contributed by atoms with E-state index in [1.807, 2.05) is 12.1 Å². The molecule has 2 aromatic heterocycles. The van der Waals surface area contributed by atoms with Crippen LogP contribution in [0.25, 0.3) is 21.5 Å². The number of nitrogens with one attached hydrogen (secondary N) is 4. The van der Waals surface area contributed by atoms with Crippen molar-refractivity contribution in [3.63, 3.8) is 0 Å². The Morgan fingerprint density at radius 1 is 0.667 bits per heavy atom. The first-order chi connectivity index (χ1) is 27.6. The summed E-state index contributed by atoms with van der Waals surface area (Å²) in [6.45, 7) is 0.240. The lowest BCUT2D eigenvalue weighted by Crippen LogP contribution is -2.47. The number of hydrogen-bond acceptors (Lipinski definition) is 8. The fourth-order valence-electron chi connectivity index (χ4n) is 7.74. The van der Waals surface area contributed by atoms with Gasteiger partial charge in [0.2, 0.25) is 0 Å². The van der Waals surface area contributed by atoms with Crippen molar-refractivity contribution >= 4 is 33.4 Å². The fraction of sp³-hybridized carbons (Fsp3) is 0.302. The van der Waals surface area contributed by atoms with Gasteiger partial charge in [0, 0.05) is 42.8 Å². The molecule has 2 atom stereocenters. The van der Waals surface area contributed by atoms with Crippen LogP contribution in [0.2, 0.25) is 0 Å². The van der Waals surface area contributed by atoms with Crippen LogP contribution in [0.3, 0.4) is 0 Å². The molecule has 8 rings (SSSR count). The second kappa shape index (κ2) is 16.2. The van der Waals surface area contributed by atoms with Crippen LogP contribution >= 0.6 is 0 Å². The first-order valence-electron chi connectivity index (χ1n) is 18.9. The van der Waals surface area contributed by atoms with E-state index in [-0.39, 0.29) is 59.6 Å². The number of amides is 2. The molecule has 4 N–H and O–H groups in total. The van der Waals surface area contributed by atoms with Crippen LogP contribution in [0.1, 0.15) is 80.9 Å². The molecule has 57 heavy (non-hydrogen) atoms. The third-order valence-electron chi connectivity index (χ3n) is 11.0. The lowest BCUT2D eigenvalue weighted by Gasteiger charge is -2.35. The zero-order chi connectivity index (χ0) is 39.6. The summed E-state index contributed by atoms with van der Waals surface area (Å²) in [5.41, 5.74) is 2.50. The first kappa shape index (κ1) is 37.8. The van der Waals surface area contributed by atoms with Crippen LogP contribution in [-0.4, -0.2) is 63.6 Å². The number of aromatic amines is 2. The van der Waals surface area contributed by atoms with E-state index in [9.17, 15) is 28.0 Å². The smallest absolute Gasteiger partial charge is 0.272 e.